The first-order chi connectivity index (χ1) is 12.6. The maximum atomic E-state index is 12.0. The van der Waals surface area contributed by atoms with Crippen LogP contribution < -0.4 is 14.8 Å². The third-order valence-electron chi connectivity index (χ3n) is 3.37. The third-order valence-corrected chi connectivity index (χ3v) is 3.60. The van der Waals surface area contributed by atoms with Gasteiger partial charge in [-0.25, -0.2) is 4.98 Å². The van der Waals surface area contributed by atoms with Gasteiger partial charge >= 0.3 is 0 Å². The van der Waals surface area contributed by atoms with Gasteiger partial charge in [-0.05, 0) is 35.5 Å². The van der Waals surface area contributed by atoms with Crippen molar-refractivity contribution in [3.63, 3.8) is 0 Å². The molecule has 0 saturated heterocycles. The topological polar surface area (TPSA) is 104 Å². The Labute approximate surface area is 153 Å². The maximum Gasteiger partial charge on any atom is 0.249 e. The number of aromatic nitrogens is 5. The zero-order chi connectivity index (χ0) is 18.5. The minimum absolute atomic E-state index is 0.107. The normalized spacial score (nSPS) is 10.4. The summed E-state index contributed by atoms with van der Waals surface area (Å²) < 4.78 is 10.5. The van der Waals surface area contributed by atoms with Crippen molar-refractivity contribution in [3.8, 4) is 22.9 Å². The van der Waals surface area contributed by atoms with Gasteiger partial charge in [0.1, 0.15) is 12.4 Å². The van der Waals surface area contributed by atoms with Crippen LogP contribution in [0.15, 0.2) is 36.5 Å². The molecule has 134 valence electrons. The number of benzene rings is 1. The van der Waals surface area contributed by atoms with E-state index in [0.29, 0.717) is 33.7 Å². The van der Waals surface area contributed by atoms with Crippen LogP contribution in [-0.2, 0) is 11.3 Å². The number of ether oxygens (including phenoxy) is 2. The number of tetrazole rings is 1. The van der Waals surface area contributed by atoms with Gasteiger partial charge in [0.15, 0.2) is 11.5 Å². The number of halogens is 1. The summed E-state index contributed by atoms with van der Waals surface area (Å²) in [4.78, 5) is 17.2. The average Bonchev–Trinajstić information content (AvgIpc) is 3.11. The van der Waals surface area contributed by atoms with Gasteiger partial charge in [-0.2, -0.15) is 4.80 Å². The number of carbonyl (C=O) groups is 1. The lowest BCUT2D eigenvalue weighted by molar-refractivity contribution is -0.117. The first-order valence-corrected chi connectivity index (χ1v) is 7.88. The van der Waals surface area contributed by atoms with E-state index in [0.717, 1.165) is 0 Å². The van der Waals surface area contributed by atoms with Gasteiger partial charge in [-0.3, -0.25) is 4.79 Å². The SMILES string of the molecule is COc1ccc(-c2nnn(CC(=O)Nc3ccc(Cl)cn3)n2)cc1OC. The molecule has 3 aromatic rings. The van der Waals surface area contributed by atoms with E-state index in [1.165, 1.54) is 11.0 Å². The van der Waals surface area contributed by atoms with Crippen LogP contribution in [0.25, 0.3) is 11.4 Å². The fourth-order valence-corrected chi connectivity index (χ4v) is 2.27. The third kappa shape index (κ3) is 4.06. The van der Waals surface area contributed by atoms with Crippen molar-refractivity contribution in [1.29, 1.82) is 0 Å². The molecule has 3 rings (SSSR count). The molecule has 0 aliphatic rings. The highest BCUT2D eigenvalue weighted by Crippen LogP contribution is 2.30. The smallest absolute Gasteiger partial charge is 0.249 e. The van der Waals surface area contributed by atoms with Crippen LogP contribution in [0.5, 0.6) is 11.5 Å². The van der Waals surface area contributed by atoms with Crippen molar-refractivity contribution in [2.45, 2.75) is 6.54 Å². The molecule has 1 amide bonds. The number of rotatable bonds is 6. The highest BCUT2D eigenvalue weighted by Gasteiger charge is 2.12. The molecule has 26 heavy (non-hydrogen) atoms. The molecule has 2 heterocycles. The van der Waals surface area contributed by atoms with Gasteiger partial charge < -0.3 is 14.8 Å². The van der Waals surface area contributed by atoms with Gasteiger partial charge in [-0.15, -0.1) is 10.2 Å². The van der Waals surface area contributed by atoms with E-state index < -0.39 is 0 Å². The molecule has 0 saturated carbocycles. The van der Waals surface area contributed by atoms with E-state index >= 15 is 0 Å². The molecule has 0 atom stereocenters. The second kappa shape index (κ2) is 7.79. The largest absolute Gasteiger partial charge is 0.493 e. The first-order valence-electron chi connectivity index (χ1n) is 7.50. The Morgan fingerprint density at radius 1 is 1.19 bits per heavy atom. The molecule has 0 spiro atoms. The van der Waals surface area contributed by atoms with Gasteiger partial charge in [0.2, 0.25) is 11.7 Å². The molecule has 0 aliphatic heterocycles. The second-order valence-corrected chi connectivity index (χ2v) is 5.56. The molecule has 0 fully saturated rings. The molecule has 9 nitrogen and oxygen atoms in total. The van der Waals surface area contributed by atoms with Crippen LogP contribution in [0.4, 0.5) is 5.82 Å². The summed E-state index contributed by atoms with van der Waals surface area (Å²) >= 11 is 5.76. The van der Waals surface area contributed by atoms with E-state index in [1.54, 1.807) is 44.6 Å². The van der Waals surface area contributed by atoms with Crippen molar-refractivity contribution in [1.82, 2.24) is 25.2 Å². The minimum atomic E-state index is -0.337. The van der Waals surface area contributed by atoms with Crippen LogP contribution in [0.1, 0.15) is 0 Å². The second-order valence-electron chi connectivity index (χ2n) is 5.12. The highest BCUT2D eigenvalue weighted by atomic mass is 35.5. The molecule has 0 radical (unpaired) electrons. The lowest BCUT2D eigenvalue weighted by Crippen LogP contribution is -2.21. The molecule has 0 bridgehead atoms. The van der Waals surface area contributed by atoms with Crippen LogP contribution in [0.3, 0.4) is 0 Å². The fourth-order valence-electron chi connectivity index (χ4n) is 2.16. The number of carbonyl (C=O) groups excluding carboxylic acids is 1. The van der Waals surface area contributed by atoms with Gasteiger partial charge in [0.05, 0.1) is 19.2 Å². The molecular weight excluding hydrogens is 360 g/mol. The Balaban J connectivity index is 1.69. The van der Waals surface area contributed by atoms with Crippen molar-refractivity contribution in [2.75, 3.05) is 19.5 Å². The van der Waals surface area contributed by atoms with E-state index in [-0.39, 0.29) is 12.5 Å². The fraction of sp³-hybridized carbons (Fsp3) is 0.188. The zero-order valence-electron chi connectivity index (χ0n) is 14.0. The summed E-state index contributed by atoms with van der Waals surface area (Å²) in [7, 11) is 3.10. The lowest BCUT2D eigenvalue weighted by atomic mass is 10.2. The van der Waals surface area contributed by atoms with Gasteiger partial charge in [-0.1, -0.05) is 11.6 Å². The number of hydrogen-bond acceptors (Lipinski definition) is 7. The molecule has 0 aliphatic carbocycles. The average molecular weight is 375 g/mol. The van der Waals surface area contributed by atoms with Crippen LogP contribution in [-0.4, -0.2) is 45.3 Å². The number of nitrogens with zero attached hydrogens (tertiary/aromatic N) is 5. The molecule has 1 aromatic carbocycles. The Morgan fingerprint density at radius 2 is 2.00 bits per heavy atom. The van der Waals surface area contributed by atoms with E-state index in [9.17, 15) is 4.79 Å². The quantitative estimate of drug-likeness (QED) is 0.704. The summed E-state index contributed by atoms with van der Waals surface area (Å²) in [5.74, 6) is 1.56. The van der Waals surface area contributed by atoms with Gasteiger partial charge in [0.25, 0.3) is 0 Å². The van der Waals surface area contributed by atoms with Crippen molar-refractivity contribution < 1.29 is 14.3 Å². The summed E-state index contributed by atoms with van der Waals surface area (Å²) in [6, 6.07) is 8.49. The van der Waals surface area contributed by atoms with Crippen molar-refractivity contribution in [2.24, 2.45) is 0 Å². The lowest BCUT2D eigenvalue weighted by Gasteiger charge is -2.07. The first kappa shape index (κ1) is 17.6. The van der Waals surface area contributed by atoms with Crippen molar-refractivity contribution >= 4 is 23.3 Å². The zero-order valence-corrected chi connectivity index (χ0v) is 14.8. The number of nitrogens with one attached hydrogen (secondary N) is 1. The summed E-state index contributed by atoms with van der Waals surface area (Å²) in [6.45, 7) is -0.107. The number of hydrogen-bond donors (Lipinski definition) is 1. The molecular formula is C16H15ClN6O3. The summed E-state index contributed by atoms with van der Waals surface area (Å²) in [5.41, 5.74) is 0.689. The Hall–Kier alpha value is -3.20. The summed E-state index contributed by atoms with van der Waals surface area (Å²) in [5, 5.41) is 15.2. The maximum absolute atomic E-state index is 12.0. The monoisotopic (exact) mass is 374 g/mol. The Kier molecular flexibility index (Phi) is 5.28. The predicted molar refractivity (Wildman–Crippen MR) is 94.2 cm³/mol. The Morgan fingerprint density at radius 3 is 2.69 bits per heavy atom. The van der Waals surface area contributed by atoms with Crippen LogP contribution in [0, 0.1) is 0 Å². The van der Waals surface area contributed by atoms with E-state index in [4.69, 9.17) is 21.1 Å². The summed E-state index contributed by atoms with van der Waals surface area (Å²) in [6.07, 6.45) is 1.44. The van der Waals surface area contributed by atoms with Crippen LogP contribution >= 0.6 is 11.6 Å². The highest BCUT2D eigenvalue weighted by molar-refractivity contribution is 6.30. The van der Waals surface area contributed by atoms with Crippen LogP contribution in [0.2, 0.25) is 5.02 Å². The minimum Gasteiger partial charge on any atom is -0.493 e. The predicted octanol–water partition coefficient (Wildman–Crippen LogP) is 2.04. The standard InChI is InChI=1S/C16H15ClN6O3/c1-25-12-5-3-10(7-13(12)26-2)16-20-22-23(21-16)9-15(24)19-14-6-4-11(17)8-18-14/h3-8H,9H2,1-2H3,(H,18,19,24). The van der Waals surface area contributed by atoms with E-state index in [1.807, 2.05) is 0 Å². The molecule has 10 heteroatoms. The van der Waals surface area contributed by atoms with Gasteiger partial charge in [0, 0.05) is 11.8 Å². The number of anilines is 1. The molecule has 0 unspecified atom stereocenters. The molecule has 2 aromatic heterocycles. The van der Waals surface area contributed by atoms with Crippen molar-refractivity contribution in [3.05, 3.63) is 41.6 Å². The molecule has 1 N–H and O–H groups in total. The number of amides is 1. The van der Waals surface area contributed by atoms with E-state index in [2.05, 4.69) is 25.7 Å². The number of methoxy groups -OCH3 is 2. The Bertz CT molecular complexity index is 913. The number of pyridine rings is 1.